The molecule has 17 nitrogen and oxygen atoms in total. The molecular weight excluding hydrogens is 1310 g/mol. The number of unbranched alkanes of at least 4 members (excludes halogenated alkanes) is 32. The molecule has 0 rings (SSSR count). The molecule has 5 unspecified atom stereocenters. The van der Waals surface area contributed by atoms with Gasteiger partial charge in [-0.05, 0) is 148 Å². The minimum Gasteiger partial charge on any atom is -0.462 e. The summed E-state index contributed by atoms with van der Waals surface area (Å²) in [4.78, 5) is 72.9. The van der Waals surface area contributed by atoms with E-state index in [1.807, 2.05) is 0 Å². The van der Waals surface area contributed by atoms with Crippen LogP contribution in [-0.4, -0.2) is 96.7 Å². The Morgan fingerprint density at radius 3 is 0.850 bits per heavy atom. The molecule has 3 N–H and O–H groups in total. The zero-order chi connectivity index (χ0) is 73.2. The zero-order valence-electron chi connectivity index (χ0n) is 63.1. The van der Waals surface area contributed by atoms with Crippen LogP contribution in [0.4, 0.5) is 0 Å². The van der Waals surface area contributed by atoms with Crippen molar-refractivity contribution >= 4 is 39.5 Å². The zero-order valence-corrected chi connectivity index (χ0v) is 64.9. The van der Waals surface area contributed by atoms with Gasteiger partial charge < -0.3 is 33.8 Å². The number of hydrogen-bond donors (Lipinski definition) is 3. The monoisotopic (exact) mass is 1450 g/mol. The van der Waals surface area contributed by atoms with Crippen molar-refractivity contribution in [1.29, 1.82) is 0 Å². The quantitative estimate of drug-likeness (QED) is 0.0169. The summed E-state index contributed by atoms with van der Waals surface area (Å²) in [6.45, 7) is 4.67. The molecule has 0 bridgehead atoms. The summed E-state index contributed by atoms with van der Waals surface area (Å²) in [6.07, 6.45) is 76.7. The van der Waals surface area contributed by atoms with Gasteiger partial charge in [-0.1, -0.05) is 260 Å². The predicted octanol–water partition coefficient (Wildman–Crippen LogP) is 22.8. The van der Waals surface area contributed by atoms with Gasteiger partial charge >= 0.3 is 39.5 Å². The van der Waals surface area contributed by atoms with Crippen molar-refractivity contribution in [2.24, 2.45) is 0 Å². The number of phosphoric acid groups is 2. The molecule has 0 amide bonds. The van der Waals surface area contributed by atoms with E-state index in [1.165, 1.54) is 96.3 Å². The molecule has 0 saturated carbocycles. The van der Waals surface area contributed by atoms with E-state index in [9.17, 15) is 43.2 Å². The van der Waals surface area contributed by atoms with Crippen LogP contribution in [0.15, 0.2) is 97.2 Å². The summed E-state index contributed by atoms with van der Waals surface area (Å²) in [5.74, 6) is -2.24. The van der Waals surface area contributed by atoms with Gasteiger partial charge in [0.25, 0.3) is 0 Å². The maximum atomic E-state index is 13.1. The van der Waals surface area contributed by atoms with Gasteiger partial charge in [0.2, 0.25) is 0 Å². The molecule has 5 atom stereocenters. The van der Waals surface area contributed by atoms with Gasteiger partial charge in [-0.3, -0.25) is 37.3 Å². The molecule has 19 heteroatoms. The molecule has 0 heterocycles. The SMILES string of the molecule is CC/C=C\C/C=C\C/C=C\C/C=C\CCCCC(=O)OCC(COP(=O)(O)OCC(O)COP(=O)(O)OCC(COC(=O)CCCCCCC/C=C\CCCCCCCC)OC(=O)CCCCCCC/C=C\CCCCCCCC)OC(=O)CCCCCCC/C=C\C/C=C\CCCCC. The van der Waals surface area contributed by atoms with Gasteiger partial charge in [0.05, 0.1) is 26.4 Å². The number of ether oxygens (including phenoxy) is 4. The van der Waals surface area contributed by atoms with E-state index in [2.05, 4.69) is 125 Å². The van der Waals surface area contributed by atoms with Crippen LogP contribution in [-0.2, 0) is 65.4 Å². The highest BCUT2D eigenvalue weighted by atomic mass is 31.2. The van der Waals surface area contributed by atoms with Gasteiger partial charge in [-0.15, -0.1) is 0 Å². The van der Waals surface area contributed by atoms with Crippen molar-refractivity contribution in [1.82, 2.24) is 0 Å². The molecule has 0 spiro atoms. The van der Waals surface area contributed by atoms with Crippen molar-refractivity contribution in [3.05, 3.63) is 97.2 Å². The number of carbonyl (C=O) groups excluding carboxylic acids is 4. The van der Waals surface area contributed by atoms with E-state index < -0.39 is 97.5 Å². The van der Waals surface area contributed by atoms with Gasteiger partial charge in [-0.2, -0.15) is 0 Å². The van der Waals surface area contributed by atoms with Crippen LogP contribution >= 0.6 is 15.6 Å². The lowest BCUT2D eigenvalue weighted by atomic mass is 10.1. The average molecular weight is 1450 g/mol. The molecular formula is C81H142O17P2. The highest BCUT2D eigenvalue weighted by Gasteiger charge is 2.30. The molecule has 0 aliphatic heterocycles. The molecule has 0 fully saturated rings. The summed E-state index contributed by atoms with van der Waals surface area (Å²) >= 11 is 0. The summed E-state index contributed by atoms with van der Waals surface area (Å²) in [6, 6.07) is 0. The fourth-order valence-corrected chi connectivity index (χ4v) is 12.0. The van der Waals surface area contributed by atoms with Crippen molar-refractivity contribution in [2.75, 3.05) is 39.6 Å². The first-order valence-electron chi connectivity index (χ1n) is 39.5. The van der Waals surface area contributed by atoms with Crippen LogP contribution in [0.25, 0.3) is 0 Å². The van der Waals surface area contributed by atoms with E-state index in [4.69, 9.17) is 37.0 Å². The molecule has 0 aromatic rings. The fourth-order valence-electron chi connectivity index (χ4n) is 10.5. The van der Waals surface area contributed by atoms with Crippen molar-refractivity contribution in [3.8, 4) is 0 Å². The van der Waals surface area contributed by atoms with Crippen LogP contribution in [0.1, 0.15) is 336 Å². The lowest BCUT2D eigenvalue weighted by Crippen LogP contribution is -2.30. The summed E-state index contributed by atoms with van der Waals surface area (Å²) in [5, 5.41) is 10.6. The van der Waals surface area contributed by atoms with Crippen LogP contribution in [0, 0.1) is 0 Å². The fraction of sp³-hybridized carbons (Fsp3) is 0.753. The lowest BCUT2D eigenvalue weighted by Gasteiger charge is -2.21. The number of allylic oxidation sites excluding steroid dienone is 16. The number of aliphatic hydroxyl groups excluding tert-OH is 1. The molecule has 0 radical (unpaired) electrons. The molecule has 100 heavy (non-hydrogen) atoms. The van der Waals surface area contributed by atoms with Gasteiger partial charge in [0, 0.05) is 25.7 Å². The number of carbonyl (C=O) groups is 4. The Kier molecular flexibility index (Phi) is 70.4. The van der Waals surface area contributed by atoms with Gasteiger partial charge in [0.15, 0.2) is 12.2 Å². The summed E-state index contributed by atoms with van der Waals surface area (Å²) in [5.41, 5.74) is 0. The number of aliphatic hydroxyl groups is 1. The second kappa shape index (κ2) is 73.3. The third-order valence-electron chi connectivity index (χ3n) is 16.5. The first kappa shape index (κ1) is 96.0. The molecule has 578 valence electrons. The van der Waals surface area contributed by atoms with Crippen molar-refractivity contribution in [2.45, 2.75) is 354 Å². The minimum atomic E-state index is -4.99. The Labute approximate surface area is 607 Å². The topological polar surface area (TPSA) is 237 Å². The Bertz CT molecular complexity index is 2270. The van der Waals surface area contributed by atoms with E-state index in [0.717, 1.165) is 161 Å². The first-order valence-corrected chi connectivity index (χ1v) is 42.5. The number of hydrogen-bond acceptors (Lipinski definition) is 15. The maximum Gasteiger partial charge on any atom is 0.472 e. The van der Waals surface area contributed by atoms with Gasteiger partial charge in [-0.25, -0.2) is 9.13 Å². The smallest absolute Gasteiger partial charge is 0.462 e. The molecule has 0 aliphatic carbocycles. The van der Waals surface area contributed by atoms with Crippen LogP contribution in [0.5, 0.6) is 0 Å². The molecule has 0 aromatic heterocycles. The van der Waals surface area contributed by atoms with E-state index in [-0.39, 0.29) is 25.7 Å². The first-order chi connectivity index (χ1) is 48.7. The standard InChI is InChI=1S/C81H142O17P2/c1-5-9-13-17-21-25-29-33-37-41-45-49-53-57-61-65-78(83)91-71-76(97-80(85)67-63-59-55-51-47-43-39-35-31-27-23-19-15-11-7-3)73-95-99(87,88)93-69-75(82)70-94-100(89,90)96-74-77(98-81(86)68-64-60-56-52-48-44-40-36-32-28-24-20-16-12-8-4)72-92-79(84)66-62-58-54-50-46-42-38-34-30-26-22-18-14-10-6-2/h9,13,21,23,25,27,33-40,45,49,75-77,82H,5-8,10-12,14-20,22,24,26,28-32,41-44,46-48,50-74H2,1-4H3,(H,87,88)(H,89,90)/b13-9-,25-21-,27-23-,37-33-,38-34-,39-35-,40-36-,49-45-. The Morgan fingerprint density at radius 1 is 0.290 bits per heavy atom. The maximum absolute atomic E-state index is 13.1. The van der Waals surface area contributed by atoms with E-state index >= 15 is 0 Å². The van der Waals surface area contributed by atoms with Crippen LogP contribution < -0.4 is 0 Å². The van der Waals surface area contributed by atoms with Crippen molar-refractivity contribution < 1.29 is 80.2 Å². The summed E-state index contributed by atoms with van der Waals surface area (Å²) in [7, 11) is -9.97. The van der Waals surface area contributed by atoms with Crippen LogP contribution in [0.3, 0.4) is 0 Å². The van der Waals surface area contributed by atoms with Crippen LogP contribution in [0.2, 0.25) is 0 Å². The minimum absolute atomic E-state index is 0.0693. The highest BCUT2D eigenvalue weighted by Crippen LogP contribution is 2.45. The van der Waals surface area contributed by atoms with Crippen molar-refractivity contribution in [3.63, 3.8) is 0 Å². The normalized spacial score (nSPS) is 14.4. The second-order valence-electron chi connectivity index (χ2n) is 26.3. The Morgan fingerprint density at radius 2 is 0.520 bits per heavy atom. The highest BCUT2D eigenvalue weighted by molar-refractivity contribution is 7.47. The summed E-state index contributed by atoms with van der Waals surface area (Å²) < 4.78 is 68.5. The third kappa shape index (κ3) is 72.3. The Hall–Kier alpha value is -4.02. The Balaban J connectivity index is 5.40. The lowest BCUT2D eigenvalue weighted by molar-refractivity contribution is -0.161. The molecule has 0 saturated heterocycles. The largest absolute Gasteiger partial charge is 0.472 e. The van der Waals surface area contributed by atoms with Gasteiger partial charge in [0.1, 0.15) is 19.3 Å². The molecule has 0 aromatic carbocycles. The third-order valence-corrected chi connectivity index (χ3v) is 18.4. The number of esters is 4. The number of rotatable bonds is 74. The second-order valence-corrected chi connectivity index (χ2v) is 29.2. The number of phosphoric ester groups is 2. The molecule has 0 aliphatic rings. The van der Waals surface area contributed by atoms with E-state index in [1.54, 1.807) is 0 Å². The average Bonchev–Trinajstić information content (AvgIpc) is 1.01. The predicted molar refractivity (Wildman–Crippen MR) is 409 cm³/mol. The van der Waals surface area contributed by atoms with E-state index in [0.29, 0.717) is 25.7 Å².